The molecule has 17 heavy (non-hydrogen) atoms. The fourth-order valence-electron chi connectivity index (χ4n) is 2.40. The van der Waals surface area contributed by atoms with Gasteiger partial charge < -0.3 is 5.32 Å². The quantitative estimate of drug-likeness (QED) is 0.646. The standard InChI is InChI=1S/C13H18N2O2/c1-10-6-8-11(9-7-10)14-12-4-2-3-5-13(12)15(16)17/h6-9,12-14H,2-5H2,1H3/t12-,13-/m0/s1. The maximum Gasteiger partial charge on any atom is 0.232 e. The average Bonchev–Trinajstić information content (AvgIpc) is 2.32. The van der Waals surface area contributed by atoms with Crippen LogP contribution in [0.4, 0.5) is 5.69 Å². The van der Waals surface area contributed by atoms with E-state index in [-0.39, 0.29) is 11.0 Å². The van der Waals surface area contributed by atoms with Crippen LogP contribution in [-0.4, -0.2) is 17.0 Å². The molecule has 1 aliphatic carbocycles. The Morgan fingerprint density at radius 3 is 2.53 bits per heavy atom. The van der Waals surface area contributed by atoms with E-state index in [1.165, 1.54) is 5.56 Å². The molecule has 1 aromatic rings. The predicted octanol–water partition coefficient (Wildman–Crippen LogP) is 2.99. The molecule has 0 saturated heterocycles. The molecule has 2 atom stereocenters. The van der Waals surface area contributed by atoms with E-state index in [1.807, 2.05) is 31.2 Å². The Balaban J connectivity index is 2.05. The van der Waals surface area contributed by atoms with Crippen molar-refractivity contribution in [1.29, 1.82) is 0 Å². The summed E-state index contributed by atoms with van der Waals surface area (Å²) in [6, 6.07) is 7.55. The van der Waals surface area contributed by atoms with Gasteiger partial charge in [0.05, 0.1) is 6.04 Å². The molecule has 0 bridgehead atoms. The summed E-state index contributed by atoms with van der Waals surface area (Å²) in [7, 11) is 0. The van der Waals surface area contributed by atoms with Gasteiger partial charge in [0.1, 0.15) is 0 Å². The van der Waals surface area contributed by atoms with E-state index >= 15 is 0 Å². The Morgan fingerprint density at radius 2 is 1.88 bits per heavy atom. The second-order valence-corrected chi connectivity index (χ2v) is 4.75. The molecule has 1 N–H and O–H groups in total. The Labute approximate surface area is 101 Å². The number of rotatable bonds is 3. The molecule has 1 aliphatic rings. The van der Waals surface area contributed by atoms with E-state index in [0.29, 0.717) is 6.42 Å². The molecule has 0 radical (unpaired) electrons. The Kier molecular flexibility index (Phi) is 3.61. The summed E-state index contributed by atoms with van der Waals surface area (Å²) >= 11 is 0. The van der Waals surface area contributed by atoms with Gasteiger partial charge in [-0.25, -0.2) is 0 Å². The molecular formula is C13H18N2O2. The number of hydrogen-bond acceptors (Lipinski definition) is 3. The van der Waals surface area contributed by atoms with Crippen LogP contribution >= 0.6 is 0 Å². The lowest BCUT2D eigenvalue weighted by Crippen LogP contribution is -2.41. The average molecular weight is 234 g/mol. The highest BCUT2D eigenvalue weighted by molar-refractivity contribution is 5.45. The third-order valence-corrected chi connectivity index (χ3v) is 3.40. The molecule has 92 valence electrons. The highest BCUT2D eigenvalue weighted by Gasteiger charge is 2.33. The van der Waals surface area contributed by atoms with Crippen LogP contribution in [0, 0.1) is 17.0 Å². The monoisotopic (exact) mass is 234 g/mol. The van der Waals surface area contributed by atoms with E-state index in [2.05, 4.69) is 5.32 Å². The Morgan fingerprint density at radius 1 is 1.24 bits per heavy atom. The van der Waals surface area contributed by atoms with Gasteiger partial charge in [0.2, 0.25) is 6.04 Å². The van der Waals surface area contributed by atoms with Gasteiger partial charge in [-0.2, -0.15) is 0 Å². The third-order valence-electron chi connectivity index (χ3n) is 3.40. The molecule has 4 heteroatoms. The fraction of sp³-hybridized carbons (Fsp3) is 0.538. The van der Waals surface area contributed by atoms with Gasteiger partial charge >= 0.3 is 0 Å². The highest BCUT2D eigenvalue weighted by Crippen LogP contribution is 2.24. The largest absolute Gasteiger partial charge is 0.376 e. The fourth-order valence-corrected chi connectivity index (χ4v) is 2.40. The number of anilines is 1. The zero-order valence-corrected chi connectivity index (χ0v) is 10.1. The summed E-state index contributed by atoms with van der Waals surface area (Å²) in [4.78, 5) is 10.8. The zero-order valence-electron chi connectivity index (χ0n) is 10.1. The second kappa shape index (κ2) is 5.17. The van der Waals surface area contributed by atoms with Crippen LogP contribution in [0.1, 0.15) is 31.2 Å². The van der Waals surface area contributed by atoms with Gasteiger partial charge in [0.15, 0.2) is 0 Å². The first-order chi connectivity index (χ1) is 8.16. The molecule has 0 amide bonds. The van der Waals surface area contributed by atoms with Crippen LogP contribution in [0.25, 0.3) is 0 Å². The molecule has 1 saturated carbocycles. The first-order valence-corrected chi connectivity index (χ1v) is 6.13. The topological polar surface area (TPSA) is 55.2 Å². The lowest BCUT2D eigenvalue weighted by atomic mass is 9.90. The van der Waals surface area contributed by atoms with Gasteiger partial charge in [-0.1, -0.05) is 24.1 Å². The summed E-state index contributed by atoms with van der Waals surface area (Å²) in [5, 5.41) is 14.3. The molecule has 0 unspecified atom stereocenters. The summed E-state index contributed by atoms with van der Waals surface area (Å²) < 4.78 is 0. The number of nitrogens with zero attached hydrogens (tertiary/aromatic N) is 1. The number of hydrogen-bond donors (Lipinski definition) is 1. The minimum absolute atomic E-state index is 0.0264. The van der Waals surface area contributed by atoms with Crippen LogP contribution in [0.3, 0.4) is 0 Å². The van der Waals surface area contributed by atoms with E-state index in [0.717, 1.165) is 24.9 Å². The number of nitrogens with one attached hydrogen (secondary N) is 1. The first-order valence-electron chi connectivity index (χ1n) is 6.13. The van der Waals surface area contributed by atoms with Crippen molar-refractivity contribution < 1.29 is 4.92 Å². The lowest BCUT2D eigenvalue weighted by molar-refractivity contribution is -0.527. The molecule has 0 heterocycles. The normalized spacial score (nSPS) is 24.3. The molecule has 0 spiro atoms. The Bertz CT molecular complexity index is 389. The first kappa shape index (κ1) is 11.9. The Hall–Kier alpha value is -1.58. The molecule has 1 aromatic carbocycles. The SMILES string of the molecule is Cc1ccc(N[C@H]2CCCC[C@@H]2[N+](=O)[O-])cc1. The molecular weight excluding hydrogens is 216 g/mol. The van der Waals surface area contributed by atoms with Gasteiger partial charge in [-0.05, 0) is 31.9 Å². The molecule has 4 nitrogen and oxygen atoms in total. The summed E-state index contributed by atoms with van der Waals surface area (Å²) in [5.74, 6) is 0. The van der Waals surface area contributed by atoms with Crippen molar-refractivity contribution in [2.45, 2.75) is 44.7 Å². The molecule has 0 aromatic heterocycles. The van der Waals surface area contributed by atoms with E-state index in [9.17, 15) is 10.1 Å². The van der Waals surface area contributed by atoms with E-state index < -0.39 is 6.04 Å². The smallest absolute Gasteiger partial charge is 0.232 e. The third kappa shape index (κ3) is 2.96. The van der Waals surface area contributed by atoms with Crippen LogP contribution < -0.4 is 5.32 Å². The van der Waals surface area contributed by atoms with Gasteiger partial charge in [0, 0.05) is 17.0 Å². The molecule has 1 fully saturated rings. The van der Waals surface area contributed by atoms with Crippen LogP contribution in [-0.2, 0) is 0 Å². The van der Waals surface area contributed by atoms with Crippen molar-refractivity contribution in [3.63, 3.8) is 0 Å². The van der Waals surface area contributed by atoms with Crippen LogP contribution in [0.5, 0.6) is 0 Å². The van der Waals surface area contributed by atoms with Crippen molar-refractivity contribution in [1.82, 2.24) is 0 Å². The minimum Gasteiger partial charge on any atom is -0.376 e. The zero-order chi connectivity index (χ0) is 12.3. The maximum atomic E-state index is 11.0. The molecule has 2 rings (SSSR count). The maximum absolute atomic E-state index is 11.0. The van der Waals surface area contributed by atoms with Gasteiger partial charge in [-0.3, -0.25) is 10.1 Å². The number of benzene rings is 1. The van der Waals surface area contributed by atoms with Crippen molar-refractivity contribution >= 4 is 5.69 Å². The number of aryl methyl sites for hydroxylation is 1. The van der Waals surface area contributed by atoms with Crippen molar-refractivity contribution in [2.75, 3.05) is 5.32 Å². The minimum atomic E-state index is -0.440. The lowest BCUT2D eigenvalue weighted by Gasteiger charge is -2.27. The van der Waals surface area contributed by atoms with E-state index in [4.69, 9.17) is 0 Å². The van der Waals surface area contributed by atoms with Crippen LogP contribution in [0.15, 0.2) is 24.3 Å². The second-order valence-electron chi connectivity index (χ2n) is 4.75. The number of nitro groups is 1. The summed E-state index contributed by atoms with van der Waals surface area (Å²) in [6.07, 6.45) is 3.63. The highest BCUT2D eigenvalue weighted by atomic mass is 16.6. The van der Waals surface area contributed by atoms with Crippen LogP contribution in [0.2, 0.25) is 0 Å². The van der Waals surface area contributed by atoms with Gasteiger partial charge in [-0.15, -0.1) is 0 Å². The summed E-state index contributed by atoms with van der Waals surface area (Å²) in [6.45, 7) is 2.03. The van der Waals surface area contributed by atoms with Crippen molar-refractivity contribution in [3.8, 4) is 0 Å². The van der Waals surface area contributed by atoms with Gasteiger partial charge in [0.25, 0.3) is 0 Å². The van der Waals surface area contributed by atoms with Crippen molar-refractivity contribution in [3.05, 3.63) is 39.9 Å². The van der Waals surface area contributed by atoms with Crippen molar-refractivity contribution in [2.24, 2.45) is 0 Å². The van der Waals surface area contributed by atoms with E-state index in [1.54, 1.807) is 0 Å². The molecule has 0 aliphatic heterocycles. The predicted molar refractivity (Wildman–Crippen MR) is 67.8 cm³/mol. The summed E-state index contributed by atoms with van der Waals surface area (Å²) in [5.41, 5.74) is 2.18.